The van der Waals surface area contributed by atoms with Crippen molar-refractivity contribution < 1.29 is 13.9 Å². The molecule has 140 valence electrons. The predicted molar refractivity (Wildman–Crippen MR) is 99.1 cm³/mol. The smallest absolute Gasteiger partial charge is 0.239 e. The van der Waals surface area contributed by atoms with E-state index in [2.05, 4.69) is 15.6 Å². The molecular weight excluding hydrogens is 370 g/mol. The van der Waals surface area contributed by atoms with Crippen LogP contribution in [-0.2, 0) is 23.0 Å². The maximum atomic E-state index is 13.7. The summed E-state index contributed by atoms with van der Waals surface area (Å²) in [4.78, 5) is 16.5. The van der Waals surface area contributed by atoms with Gasteiger partial charge in [-0.2, -0.15) is 0 Å². The summed E-state index contributed by atoms with van der Waals surface area (Å²) in [5.74, 6) is 0.333. The van der Waals surface area contributed by atoms with E-state index in [1.54, 1.807) is 6.07 Å². The van der Waals surface area contributed by atoms with Gasteiger partial charge in [-0.15, -0.1) is 24.8 Å². The highest BCUT2D eigenvalue weighted by Crippen LogP contribution is 2.18. The van der Waals surface area contributed by atoms with Crippen LogP contribution in [0.2, 0.25) is 0 Å². The summed E-state index contributed by atoms with van der Waals surface area (Å²) in [5.41, 5.74) is 1.12. The molecule has 0 bridgehead atoms. The van der Waals surface area contributed by atoms with Gasteiger partial charge in [0.1, 0.15) is 17.4 Å². The number of rotatable bonds is 4. The van der Waals surface area contributed by atoms with Crippen LogP contribution < -0.4 is 10.6 Å². The van der Waals surface area contributed by atoms with Crippen molar-refractivity contribution in [2.45, 2.75) is 25.5 Å². The number of morpholine rings is 1. The van der Waals surface area contributed by atoms with E-state index in [-0.39, 0.29) is 48.7 Å². The first-order valence-corrected chi connectivity index (χ1v) is 7.80. The third kappa shape index (κ3) is 4.61. The summed E-state index contributed by atoms with van der Waals surface area (Å²) < 4.78 is 21.1. The third-order valence-corrected chi connectivity index (χ3v) is 4.20. The molecule has 0 radical (unpaired) electrons. The van der Waals surface area contributed by atoms with Crippen LogP contribution in [0, 0.1) is 5.82 Å². The molecule has 0 spiro atoms. The van der Waals surface area contributed by atoms with Gasteiger partial charge >= 0.3 is 0 Å². The van der Waals surface area contributed by atoms with E-state index < -0.39 is 0 Å². The van der Waals surface area contributed by atoms with Crippen molar-refractivity contribution in [3.63, 3.8) is 0 Å². The molecule has 1 fully saturated rings. The Bertz CT molecular complexity index is 725. The largest absolute Gasteiger partial charge is 0.375 e. The third-order valence-electron chi connectivity index (χ3n) is 4.20. The second-order valence-corrected chi connectivity index (χ2v) is 5.74. The molecule has 0 saturated carbocycles. The fraction of sp³-hybridized carbons (Fsp3) is 0.500. The summed E-state index contributed by atoms with van der Waals surface area (Å²) in [6.45, 7) is 3.62. The molecule has 1 aromatic heterocycles. The Labute approximate surface area is 158 Å². The number of nitrogens with one attached hydrogen (secondary N) is 2. The number of hydrogen-bond acceptors (Lipinski definition) is 4. The number of halogens is 3. The van der Waals surface area contributed by atoms with Gasteiger partial charge in [0.2, 0.25) is 5.91 Å². The van der Waals surface area contributed by atoms with E-state index in [1.165, 1.54) is 6.07 Å². The number of benzene rings is 1. The molecule has 2 atom stereocenters. The molecule has 6 nitrogen and oxygen atoms in total. The molecule has 0 unspecified atom stereocenters. The lowest BCUT2D eigenvalue weighted by Crippen LogP contribution is -2.55. The van der Waals surface area contributed by atoms with Gasteiger partial charge in [0.15, 0.2) is 5.82 Å². The van der Waals surface area contributed by atoms with Gasteiger partial charge in [-0.05, 0) is 19.1 Å². The summed E-state index contributed by atoms with van der Waals surface area (Å²) in [7, 11) is 1.85. The molecule has 1 saturated heterocycles. The molecule has 1 aliphatic rings. The lowest BCUT2D eigenvalue weighted by Gasteiger charge is -2.29. The minimum Gasteiger partial charge on any atom is -0.375 e. The number of aromatic nitrogens is 2. The lowest BCUT2D eigenvalue weighted by atomic mass is 10.1. The SMILES string of the molecule is C[C@H]1OCCN[C@@H]1C(=O)NCCc1nc2c(F)cccc2n1C.Cl.Cl. The van der Waals surface area contributed by atoms with Crippen molar-refractivity contribution in [3.05, 3.63) is 29.8 Å². The molecule has 2 aromatic rings. The van der Waals surface area contributed by atoms with Crippen molar-refractivity contribution in [2.24, 2.45) is 7.05 Å². The quantitative estimate of drug-likeness (QED) is 0.828. The summed E-state index contributed by atoms with van der Waals surface area (Å²) in [6.07, 6.45) is 0.395. The Kier molecular flexibility index (Phi) is 8.08. The zero-order chi connectivity index (χ0) is 16.4. The van der Waals surface area contributed by atoms with Gasteiger partial charge in [0.05, 0.1) is 18.2 Å². The average molecular weight is 393 g/mol. The molecule has 9 heteroatoms. The normalized spacial score (nSPS) is 19.8. The Hall–Kier alpha value is -1.41. The second kappa shape index (κ2) is 9.33. The monoisotopic (exact) mass is 392 g/mol. The number of carbonyl (C=O) groups excluding carboxylic acids is 1. The first-order chi connectivity index (χ1) is 11.1. The van der Waals surface area contributed by atoms with Crippen molar-refractivity contribution >= 4 is 41.8 Å². The topological polar surface area (TPSA) is 68.2 Å². The number of amides is 1. The van der Waals surface area contributed by atoms with Crippen LogP contribution in [-0.4, -0.2) is 47.3 Å². The number of nitrogens with zero attached hydrogens (tertiary/aromatic N) is 2. The Morgan fingerprint density at radius 2 is 2.24 bits per heavy atom. The van der Waals surface area contributed by atoms with E-state index in [0.29, 0.717) is 31.6 Å². The first kappa shape index (κ1) is 21.6. The van der Waals surface area contributed by atoms with Gasteiger partial charge in [0, 0.05) is 26.6 Å². The summed E-state index contributed by atoms with van der Waals surface area (Å²) >= 11 is 0. The van der Waals surface area contributed by atoms with Gasteiger partial charge in [0.25, 0.3) is 0 Å². The molecule has 2 heterocycles. The van der Waals surface area contributed by atoms with Crippen LogP contribution in [0.25, 0.3) is 11.0 Å². The van der Waals surface area contributed by atoms with E-state index in [1.807, 2.05) is 24.6 Å². The van der Waals surface area contributed by atoms with Crippen LogP contribution in [0.4, 0.5) is 4.39 Å². The molecule has 2 N–H and O–H groups in total. The lowest BCUT2D eigenvalue weighted by molar-refractivity contribution is -0.128. The van der Waals surface area contributed by atoms with Crippen molar-refractivity contribution in [1.29, 1.82) is 0 Å². The Morgan fingerprint density at radius 1 is 1.48 bits per heavy atom. The second-order valence-electron chi connectivity index (χ2n) is 5.74. The summed E-state index contributed by atoms with van der Waals surface area (Å²) in [5, 5.41) is 6.04. The molecule has 1 aliphatic heterocycles. The number of carbonyl (C=O) groups is 1. The highest BCUT2D eigenvalue weighted by atomic mass is 35.5. The molecular formula is C16H23Cl2FN4O2. The van der Waals surface area contributed by atoms with E-state index in [0.717, 1.165) is 11.3 Å². The summed E-state index contributed by atoms with van der Waals surface area (Å²) in [6, 6.07) is 4.57. The van der Waals surface area contributed by atoms with Crippen molar-refractivity contribution in [2.75, 3.05) is 19.7 Å². The number of aryl methyl sites for hydroxylation is 1. The number of imidazole rings is 1. The van der Waals surface area contributed by atoms with Gasteiger partial charge in [-0.1, -0.05) is 6.07 Å². The Morgan fingerprint density at radius 3 is 2.92 bits per heavy atom. The minimum absolute atomic E-state index is 0. The average Bonchev–Trinajstić information content (AvgIpc) is 2.86. The van der Waals surface area contributed by atoms with Crippen LogP contribution in [0.1, 0.15) is 12.7 Å². The predicted octanol–water partition coefficient (Wildman–Crippen LogP) is 1.59. The molecule has 25 heavy (non-hydrogen) atoms. The van der Waals surface area contributed by atoms with Gasteiger partial charge < -0.3 is 19.9 Å². The molecule has 3 rings (SSSR count). The number of para-hydroxylation sites is 1. The molecule has 1 amide bonds. The van der Waals surface area contributed by atoms with Crippen LogP contribution in [0.5, 0.6) is 0 Å². The van der Waals surface area contributed by atoms with Gasteiger partial charge in [-0.25, -0.2) is 9.37 Å². The fourth-order valence-electron chi connectivity index (χ4n) is 2.89. The van der Waals surface area contributed by atoms with Gasteiger partial charge in [-0.3, -0.25) is 4.79 Å². The van der Waals surface area contributed by atoms with Crippen LogP contribution >= 0.6 is 24.8 Å². The van der Waals surface area contributed by atoms with Crippen molar-refractivity contribution in [3.8, 4) is 0 Å². The highest BCUT2D eigenvalue weighted by molar-refractivity contribution is 5.85. The highest BCUT2D eigenvalue weighted by Gasteiger charge is 2.27. The van der Waals surface area contributed by atoms with Crippen molar-refractivity contribution in [1.82, 2.24) is 20.2 Å². The Balaban J connectivity index is 0.00000156. The number of hydrogen-bond donors (Lipinski definition) is 2. The zero-order valence-corrected chi connectivity index (χ0v) is 15.8. The number of ether oxygens (including phenoxy) is 1. The first-order valence-electron chi connectivity index (χ1n) is 7.80. The van der Waals surface area contributed by atoms with E-state index >= 15 is 0 Å². The molecule has 0 aliphatic carbocycles. The van der Waals surface area contributed by atoms with Crippen LogP contribution in [0.15, 0.2) is 18.2 Å². The number of fused-ring (bicyclic) bond motifs is 1. The van der Waals surface area contributed by atoms with Crippen LogP contribution in [0.3, 0.4) is 0 Å². The van der Waals surface area contributed by atoms with E-state index in [4.69, 9.17) is 4.74 Å². The molecule has 1 aromatic carbocycles. The maximum absolute atomic E-state index is 13.7. The zero-order valence-electron chi connectivity index (χ0n) is 14.1. The maximum Gasteiger partial charge on any atom is 0.239 e. The minimum atomic E-state index is -0.332. The fourth-order valence-corrected chi connectivity index (χ4v) is 2.89. The van der Waals surface area contributed by atoms with E-state index in [9.17, 15) is 9.18 Å². The standard InChI is InChI=1S/C16H21FN4O2.2ClH/c1-10-14(18-8-9-23-10)16(22)19-7-6-13-20-15-11(17)4-3-5-12(15)21(13)2;;/h3-5,10,14,18H,6-9H2,1-2H3,(H,19,22);2*1H/t10-,14+;;/m1../s1.